The van der Waals surface area contributed by atoms with E-state index in [1.165, 1.54) is 12.3 Å². The van der Waals surface area contributed by atoms with E-state index in [1.807, 2.05) is 12.2 Å². The quantitative estimate of drug-likeness (QED) is 0.152. The standard InChI is InChI=1S/C21H20ClN3O7/c1-10(2)32-16(26)9-31-19-14(22)5-11(6-15(19)25(29)30)8-23-24-20(27)17-12-3-4-13(7-12)18(17)21(24)28/h3-6,8,10,12-13,17-18H,7,9H2,1-2H3. The van der Waals surface area contributed by atoms with Gasteiger partial charge in [-0.1, -0.05) is 23.8 Å². The Morgan fingerprint density at radius 3 is 2.47 bits per heavy atom. The van der Waals surface area contributed by atoms with Crippen molar-refractivity contribution < 1.29 is 28.8 Å². The number of carbonyl (C=O) groups excluding carboxylic acids is 3. The number of nitro benzene ring substituents is 1. The van der Waals surface area contributed by atoms with E-state index in [9.17, 15) is 24.5 Å². The Labute approximate surface area is 187 Å². The van der Waals surface area contributed by atoms with Crippen molar-refractivity contribution in [2.45, 2.75) is 26.4 Å². The molecule has 1 aromatic carbocycles. The van der Waals surface area contributed by atoms with Crippen molar-refractivity contribution in [3.05, 3.63) is 45.0 Å². The molecule has 1 saturated carbocycles. The molecule has 10 nitrogen and oxygen atoms in total. The first-order valence-corrected chi connectivity index (χ1v) is 10.5. The average molecular weight is 462 g/mol. The maximum atomic E-state index is 12.7. The number of nitrogens with zero attached hydrogens (tertiary/aromatic N) is 3. The van der Waals surface area contributed by atoms with Crippen molar-refractivity contribution in [1.82, 2.24) is 5.01 Å². The Balaban J connectivity index is 1.53. The van der Waals surface area contributed by atoms with Crippen LogP contribution >= 0.6 is 11.6 Å². The van der Waals surface area contributed by atoms with E-state index in [1.54, 1.807) is 13.8 Å². The molecule has 0 radical (unpaired) electrons. The van der Waals surface area contributed by atoms with Crippen molar-refractivity contribution in [3.63, 3.8) is 0 Å². The van der Waals surface area contributed by atoms with Gasteiger partial charge in [0.25, 0.3) is 11.8 Å². The van der Waals surface area contributed by atoms with E-state index in [4.69, 9.17) is 21.1 Å². The highest BCUT2D eigenvalue weighted by atomic mass is 35.5. The summed E-state index contributed by atoms with van der Waals surface area (Å²) in [5.74, 6) is -2.40. The van der Waals surface area contributed by atoms with Gasteiger partial charge >= 0.3 is 11.7 Å². The number of hydrazone groups is 1. The highest BCUT2D eigenvalue weighted by Crippen LogP contribution is 2.52. The normalized spacial score (nSPS) is 25.8. The van der Waals surface area contributed by atoms with Crippen molar-refractivity contribution in [3.8, 4) is 5.75 Å². The van der Waals surface area contributed by atoms with Gasteiger partial charge in [0.2, 0.25) is 5.75 Å². The lowest BCUT2D eigenvalue weighted by Crippen LogP contribution is -2.28. The number of nitro groups is 1. The minimum atomic E-state index is -0.716. The SMILES string of the molecule is CC(C)OC(=O)COc1c(Cl)cc(C=NN2C(=O)C3C4C=CC(C4)C3C2=O)cc1[N+](=O)[O-]. The van der Waals surface area contributed by atoms with Crippen molar-refractivity contribution in [2.75, 3.05) is 6.61 Å². The molecule has 2 bridgehead atoms. The van der Waals surface area contributed by atoms with Crippen molar-refractivity contribution in [1.29, 1.82) is 0 Å². The fraction of sp³-hybridized carbons (Fsp3) is 0.429. The van der Waals surface area contributed by atoms with Gasteiger partial charge in [-0.25, -0.2) is 4.79 Å². The van der Waals surface area contributed by atoms with E-state index in [-0.39, 0.29) is 46.1 Å². The minimum absolute atomic E-state index is 0.0519. The molecule has 1 aliphatic heterocycles. The zero-order valence-corrected chi connectivity index (χ0v) is 18.0. The van der Waals surface area contributed by atoms with Crippen LogP contribution in [0.4, 0.5) is 5.69 Å². The van der Waals surface area contributed by atoms with Crippen molar-refractivity contribution >= 4 is 41.3 Å². The van der Waals surface area contributed by atoms with Crippen LogP contribution in [0.1, 0.15) is 25.8 Å². The molecule has 32 heavy (non-hydrogen) atoms. The third kappa shape index (κ3) is 3.86. The monoisotopic (exact) mass is 461 g/mol. The number of esters is 1. The second kappa shape index (κ2) is 8.34. The summed E-state index contributed by atoms with van der Waals surface area (Å²) in [5, 5.41) is 16.2. The fourth-order valence-electron chi connectivity index (χ4n) is 4.51. The van der Waals surface area contributed by atoms with Crippen LogP contribution in [0.2, 0.25) is 5.02 Å². The van der Waals surface area contributed by atoms with Crippen LogP contribution in [-0.4, -0.2) is 46.6 Å². The topological polar surface area (TPSA) is 128 Å². The number of carbonyl (C=O) groups is 3. The number of imide groups is 1. The summed E-state index contributed by atoms with van der Waals surface area (Å²) in [7, 11) is 0. The van der Waals surface area contributed by atoms with Gasteiger partial charge in [-0.15, -0.1) is 0 Å². The number of benzene rings is 1. The number of halogens is 1. The summed E-state index contributed by atoms with van der Waals surface area (Å²) in [6, 6.07) is 2.47. The van der Waals surface area contributed by atoms with Crippen LogP contribution in [0, 0.1) is 33.8 Å². The zero-order chi connectivity index (χ0) is 23.2. The minimum Gasteiger partial charge on any atom is -0.474 e. The Morgan fingerprint density at radius 1 is 1.28 bits per heavy atom. The molecule has 1 heterocycles. The van der Waals surface area contributed by atoms with Gasteiger partial charge in [0, 0.05) is 11.6 Å². The Hall–Kier alpha value is -3.27. The number of hydrogen-bond donors (Lipinski definition) is 0. The smallest absolute Gasteiger partial charge is 0.344 e. The first-order chi connectivity index (χ1) is 15.2. The second-order valence-electron chi connectivity index (χ2n) is 8.17. The lowest BCUT2D eigenvalue weighted by Gasteiger charge is -2.13. The summed E-state index contributed by atoms with van der Waals surface area (Å²) >= 11 is 6.15. The molecular weight excluding hydrogens is 442 g/mol. The van der Waals surface area contributed by atoms with E-state index < -0.39 is 35.0 Å². The third-order valence-corrected chi connectivity index (χ3v) is 5.99. The van der Waals surface area contributed by atoms with Crippen LogP contribution in [0.3, 0.4) is 0 Å². The molecule has 2 amide bonds. The highest BCUT2D eigenvalue weighted by Gasteiger charge is 2.59. The number of fused-ring (bicyclic) bond motifs is 5. The molecule has 1 saturated heterocycles. The summed E-state index contributed by atoms with van der Waals surface area (Å²) in [4.78, 5) is 47.8. The number of hydrogen-bond acceptors (Lipinski definition) is 8. The van der Waals surface area contributed by atoms with Gasteiger partial charge in [-0.05, 0) is 38.2 Å². The van der Waals surface area contributed by atoms with E-state index in [0.29, 0.717) is 0 Å². The molecule has 0 aromatic heterocycles. The molecule has 11 heteroatoms. The average Bonchev–Trinajstić information content (AvgIpc) is 3.39. The molecule has 4 unspecified atom stereocenters. The first-order valence-electron chi connectivity index (χ1n) is 10.1. The maximum Gasteiger partial charge on any atom is 0.344 e. The molecule has 4 atom stereocenters. The van der Waals surface area contributed by atoms with E-state index >= 15 is 0 Å². The van der Waals surface area contributed by atoms with Crippen molar-refractivity contribution in [2.24, 2.45) is 28.8 Å². The van der Waals surface area contributed by atoms with Gasteiger partial charge < -0.3 is 9.47 Å². The summed E-state index contributed by atoms with van der Waals surface area (Å²) < 4.78 is 10.2. The summed E-state index contributed by atoms with van der Waals surface area (Å²) in [5.41, 5.74) is -0.299. The molecule has 1 aromatic rings. The maximum absolute atomic E-state index is 12.7. The fourth-order valence-corrected chi connectivity index (χ4v) is 4.78. The number of amides is 2. The molecule has 0 spiro atoms. The number of allylic oxidation sites excluding steroid dienone is 2. The van der Waals surface area contributed by atoms with Crippen LogP contribution in [0.5, 0.6) is 5.75 Å². The molecule has 4 rings (SSSR count). The lowest BCUT2D eigenvalue weighted by atomic mass is 9.85. The third-order valence-electron chi connectivity index (χ3n) is 5.71. The van der Waals surface area contributed by atoms with Crippen LogP contribution in [0.15, 0.2) is 29.4 Å². The Morgan fingerprint density at radius 2 is 1.91 bits per heavy atom. The number of rotatable bonds is 7. The van der Waals surface area contributed by atoms with Gasteiger partial charge in [0.15, 0.2) is 6.61 Å². The van der Waals surface area contributed by atoms with Gasteiger partial charge in [-0.2, -0.15) is 10.1 Å². The Bertz CT molecular complexity index is 1040. The van der Waals surface area contributed by atoms with Crippen LogP contribution in [-0.2, 0) is 19.1 Å². The second-order valence-corrected chi connectivity index (χ2v) is 8.58. The summed E-state index contributed by atoms with van der Waals surface area (Å²) in [6.07, 6.45) is 5.56. The van der Waals surface area contributed by atoms with E-state index in [0.717, 1.165) is 17.5 Å². The zero-order valence-electron chi connectivity index (χ0n) is 17.3. The number of ether oxygens (including phenoxy) is 2. The Kier molecular flexibility index (Phi) is 5.72. The molecule has 0 N–H and O–H groups in total. The van der Waals surface area contributed by atoms with Crippen LogP contribution < -0.4 is 4.74 Å². The van der Waals surface area contributed by atoms with Gasteiger partial charge in [-0.3, -0.25) is 19.7 Å². The molecular formula is C21H20ClN3O7. The first kappa shape index (κ1) is 21.9. The predicted octanol–water partition coefficient (Wildman–Crippen LogP) is 2.72. The highest BCUT2D eigenvalue weighted by molar-refractivity contribution is 6.32. The molecule has 2 aliphatic carbocycles. The molecule has 3 aliphatic rings. The van der Waals surface area contributed by atoms with E-state index in [2.05, 4.69) is 5.10 Å². The lowest BCUT2D eigenvalue weighted by molar-refractivity contribution is -0.385. The van der Waals surface area contributed by atoms with Gasteiger partial charge in [0.05, 0.1) is 34.1 Å². The predicted molar refractivity (Wildman–Crippen MR) is 112 cm³/mol. The molecule has 168 valence electrons. The largest absolute Gasteiger partial charge is 0.474 e. The van der Waals surface area contributed by atoms with Gasteiger partial charge in [0.1, 0.15) is 0 Å². The van der Waals surface area contributed by atoms with Crippen LogP contribution in [0.25, 0.3) is 0 Å². The summed E-state index contributed by atoms with van der Waals surface area (Å²) in [6.45, 7) is 2.76. The molecule has 2 fully saturated rings.